The van der Waals surface area contributed by atoms with Gasteiger partial charge in [-0.1, -0.05) is 24.5 Å². The smallest absolute Gasteiger partial charge is 0.0868 e. The fourth-order valence-corrected chi connectivity index (χ4v) is 2.06. The Kier molecular flexibility index (Phi) is 3.36. The second-order valence-electron chi connectivity index (χ2n) is 4.47. The van der Waals surface area contributed by atoms with Gasteiger partial charge >= 0.3 is 0 Å². The van der Waals surface area contributed by atoms with Crippen molar-refractivity contribution in [1.82, 2.24) is 15.0 Å². The molecule has 1 aromatic heterocycles. The molecular weight excluding hydrogens is 188 g/mol. The monoisotopic (exact) mass is 208 g/mol. The first-order valence-corrected chi connectivity index (χ1v) is 5.90. The molecule has 15 heavy (non-hydrogen) atoms. The van der Waals surface area contributed by atoms with Crippen LogP contribution >= 0.6 is 0 Å². The molecule has 0 saturated heterocycles. The summed E-state index contributed by atoms with van der Waals surface area (Å²) in [6.07, 6.45) is 6.33. The lowest BCUT2D eigenvalue weighted by atomic mass is 9.83. The Morgan fingerprint density at radius 2 is 2.27 bits per heavy atom. The van der Waals surface area contributed by atoms with Crippen molar-refractivity contribution in [3.63, 3.8) is 0 Å². The van der Waals surface area contributed by atoms with Crippen LogP contribution in [0.15, 0.2) is 0 Å². The Balaban J connectivity index is 1.89. The Morgan fingerprint density at radius 3 is 2.87 bits per heavy atom. The van der Waals surface area contributed by atoms with E-state index in [1.54, 1.807) is 0 Å². The van der Waals surface area contributed by atoms with Crippen molar-refractivity contribution in [3.8, 4) is 0 Å². The molecule has 4 heteroatoms. The van der Waals surface area contributed by atoms with Gasteiger partial charge in [0.1, 0.15) is 0 Å². The molecule has 2 N–H and O–H groups in total. The van der Waals surface area contributed by atoms with E-state index in [1.807, 2.05) is 4.68 Å². The van der Waals surface area contributed by atoms with E-state index in [0.717, 1.165) is 24.6 Å². The summed E-state index contributed by atoms with van der Waals surface area (Å²) in [6.45, 7) is 3.77. The lowest BCUT2D eigenvalue weighted by molar-refractivity contribution is 0.276. The van der Waals surface area contributed by atoms with Crippen LogP contribution in [0.4, 0.5) is 0 Å². The van der Waals surface area contributed by atoms with Crippen LogP contribution in [0.5, 0.6) is 0 Å². The summed E-state index contributed by atoms with van der Waals surface area (Å²) in [5, 5.41) is 8.34. The Morgan fingerprint density at radius 1 is 1.47 bits per heavy atom. The lowest BCUT2D eigenvalue weighted by Crippen LogP contribution is -2.15. The van der Waals surface area contributed by atoms with Crippen molar-refractivity contribution < 1.29 is 0 Å². The van der Waals surface area contributed by atoms with Gasteiger partial charge in [0.2, 0.25) is 0 Å². The molecule has 84 valence electrons. The Labute approximate surface area is 90.8 Å². The molecule has 2 rings (SSSR count). The quantitative estimate of drug-likeness (QED) is 0.793. The van der Waals surface area contributed by atoms with Crippen molar-refractivity contribution in [2.24, 2.45) is 11.7 Å². The number of hydrogen-bond acceptors (Lipinski definition) is 3. The highest BCUT2D eigenvalue weighted by Crippen LogP contribution is 2.29. The van der Waals surface area contributed by atoms with Crippen molar-refractivity contribution in [1.29, 1.82) is 0 Å². The summed E-state index contributed by atoms with van der Waals surface area (Å²) in [5.74, 6) is 0.937. The molecule has 1 aromatic rings. The third-order valence-electron chi connectivity index (χ3n) is 3.43. The van der Waals surface area contributed by atoms with Gasteiger partial charge in [-0.05, 0) is 25.8 Å². The molecule has 0 unspecified atom stereocenters. The zero-order valence-corrected chi connectivity index (χ0v) is 9.45. The molecule has 0 aliphatic heterocycles. The van der Waals surface area contributed by atoms with Crippen LogP contribution < -0.4 is 5.73 Å². The van der Waals surface area contributed by atoms with Crippen LogP contribution in [0, 0.1) is 12.8 Å². The number of nitrogens with two attached hydrogens (primary N) is 1. The van der Waals surface area contributed by atoms with Gasteiger partial charge in [-0.2, -0.15) is 0 Å². The molecule has 0 atom stereocenters. The number of aryl methyl sites for hydroxylation is 1. The molecule has 0 spiro atoms. The fraction of sp³-hybridized carbons (Fsp3) is 0.818. The van der Waals surface area contributed by atoms with Crippen LogP contribution in [0.25, 0.3) is 0 Å². The summed E-state index contributed by atoms with van der Waals surface area (Å²) in [7, 11) is 0. The largest absolute Gasteiger partial charge is 0.330 e. The van der Waals surface area contributed by atoms with Gasteiger partial charge in [-0.15, -0.1) is 5.10 Å². The van der Waals surface area contributed by atoms with Gasteiger partial charge in [0.05, 0.1) is 11.4 Å². The molecule has 1 fully saturated rings. The van der Waals surface area contributed by atoms with Crippen molar-refractivity contribution >= 4 is 0 Å². The van der Waals surface area contributed by atoms with E-state index in [2.05, 4.69) is 17.2 Å². The topological polar surface area (TPSA) is 56.7 Å². The van der Waals surface area contributed by atoms with E-state index < -0.39 is 0 Å². The van der Waals surface area contributed by atoms with Gasteiger partial charge in [0, 0.05) is 13.0 Å². The molecule has 4 nitrogen and oxygen atoms in total. The molecule has 1 saturated carbocycles. The Hall–Kier alpha value is -0.900. The summed E-state index contributed by atoms with van der Waals surface area (Å²) >= 11 is 0. The molecule has 0 radical (unpaired) electrons. The van der Waals surface area contributed by atoms with Crippen molar-refractivity contribution in [2.45, 2.75) is 45.6 Å². The van der Waals surface area contributed by atoms with Crippen LogP contribution in [0.2, 0.25) is 0 Å². The predicted octanol–water partition coefficient (Wildman–Crippen LogP) is 1.28. The van der Waals surface area contributed by atoms with Crippen LogP contribution in [0.3, 0.4) is 0 Å². The molecule has 0 amide bonds. The average molecular weight is 208 g/mol. The first-order valence-electron chi connectivity index (χ1n) is 5.90. The highest BCUT2D eigenvalue weighted by molar-refractivity contribution is 5.08. The van der Waals surface area contributed by atoms with E-state index >= 15 is 0 Å². The van der Waals surface area contributed by atoms with Gasteiger partial charge in [0.15, 0.2) is 0 Å². The van der Waals surface area contributed by atoms with Crippen molar-refractivity contribution in [3.05, 3.63) is 11.4 Å². The standard InChI is InChI=1S/C11H20N4/c1-9-11(5-7-12)13-14-15(9)8-6-10-3-2-4-10/h10H,2-8,12H2,1H3. The summed E-state index contributed by atoms with van der Waals surface area (Å²) in [6, 6.07) is 0. The SMILES string of the molecule is Cc1c(CCN)nnn1CCC1CCC1. The summed E-state index contributed by atoms with van der Waals surface area (Å²) < 4.78 is 2.03. The summed E-state index contributed by atoms with van der Waals surface area (Å²) in [5.41, 5.74) is 7.77. The van der Waals surface area contributed by atoms with Gasteiger partial charge in [-0.25, -0.2) is 4.68 Å². The molecule has 1 aliphatic carbocycles. The van der Waals surface area contributed by atoms with Gasteiger partial charge in [0.25, 0.3) is 0 Å². The molecule has 0 bridgehead atoms. The van der Waals surface area contributed by atoms with Gasteiger partial charge < -0.3 is 5.73 Å². The first-order chi connectivity index (χ1) is 7.31. The van der Waals surface area contributed by atoms with E-state index in [4.69, 9.17) is 5.73 Å². The first kappa shape index (κ1) is 10.6. The zero-order chi connectivity index (χ0) is 10.7. The fourth-order valence-electron chi connectivity index (χ4n) is 2.06. The third kappa shape index (κ3) is 2.37. The maximum absolute atomic E-state index is 5.51. The predicted molar refractivity (Wildman–Crippen MR) is 59.5 cm³/mol. The minimum atomic E-state index is 0.655. The minimum Gasteiger partial charge on any atom is -0.330 e. The molecule has 1 aliphatic rings. The highest BCUT2D eigenvalue weighted by atomic mass is 15.4. The van der Waals surface area contributed by atoms with E-state index in [9.17, 15) is 0 Å². The number of aromatic nitrogens is 3. The number of nitrogens with zero attached hydrogens (tertiary/aromatic N) is 3. The summed E-state index contributed by atoms with van der Waals surface area (Å²) in [4.78, 5) is 0. The molecule has 0 aromatic carbocycles. The minimum absolute atomic E-state index is 0.655. The van der Waals surface area contributed by atoms with E-state index in [-0.39, 0.29) is 0 Å². The average Bonchev–Trinajstić information content (AvgIpc) is 2.48. The van der Waals surface area contributed by atoms with E-state index in [0.29, 0.717) is 6.54 Å². The molecular formula is C11H20N4. The number of hydrogen-bond donors (Lipinski definition) is 1. The maximum Gasteiger partial charge on any atom is 0.0868 e. The normalized spacial score (nSPS) is 16.7. The van der Waals surface area contributed by atoms with Crippen LogP contribution in [-0.4, -0.2) is 21.5 Å². The lowest BCUT2D eigenvalue weighted by Gasteiger charge is -2.25. The highest BCUT2D eigenvalue weighted by Gasteiger charge is 2.17. The second-order valence-corrected chi connectivity index (χ2v) is 4.47. The maximum atomic E-state index is 5.51. The number of rotatable bonds is 5. The Bertz CT molecular complexity index is 314. The zero-order valence-electron chi connectivity index (χ0n) is 9.45. The van der Waals surface area contributed by atoms with E-state index in [1.165, 1.54) is 31.4 Å². The van der Waals surface area contributed by atoms with Crippen LogP contribution in [0.1, 0.15) is 37.1 Å². The van der Waals surface area contributed by atoms with Gasteiger partial charge in [-0.3, -0.25) is 0 Å². The molecule has 1 heterocycles. The second kappa shape index (κ2) is 4.75. The van der Waals surface area contributed by atoms with Crippen LogP contribution in [-0.2, 0) is 13.0 Å². The third-order valence-corrected chi connectivity index (χ3v) is 3.43. The van der Waals surface area contributed by atoms with Crippen molar-refractivity contribution in [2.75, 3.05) is 6.54 Å².